The van der Waals surface area contributed by atoms with Gasteiger partial charge in [-0.3, -0.25) is 4.79 Å². The van der Waals surface area contributed by atoms with Crippen LogP contribution < -0.4 is 5.32 Å². The van der Waals surface area contributed by atoms with E-state index in [9.17, 15) is 4.79 Å². The maximum absolute atomic E-state index is 12.1. The fourth-order valence-electron chi connectivity index (χ4n) is 2.15. The molecule has 2 aromatic rings. The molecule has 124 valence electrons. The zero-order chi connectivity index (χ0) is 17.2. The lowest BCUT2D eigenvalue weighted by Gasteiger charge is -2.22. The van der Waals surface area contributed by atoms with E-state index in [-0.39, 0.29) is 16.7 Å². The summed E-state index contributed by atoms with van der Waals surface area (Å²) in [5.74, 6) is 0.427. The molecule has 1 N–H and O–H groups in total. The molecule has 6 heteroatoms. The largest absolute Gasteiger partial charge is 0.411 e. The normalized spacial score (nSPS) is 13.0. The SMILES string of the molecule is Cc1cc(C)cc(-c2nnc(SC(C)C(=O)NC(C)(C)C)o2)c1. The Morgan fingerprint density at radius 3 is 2.35 bits per heavy atom. The van der Waals surface area contributed by atoms with E-state index in [0.29, 0.717) is 11.1 Å². The van der Waals surface area contributed by atoms with Crippen LogP contribution in [0.25, 0.3) is 11.5 Å². The van der Waals surface area contributed by atoms with Crippen molar-refractivity contribution in [1.29, 1.82) is 0 Å². The Kier molecular flexibility index (Phi) is 5.14. The predicted octanol–water partition coefficient (Wildman–Crippen LogP) is 3.75. The minimum absolute atomic E-state index is 0.0475. The highest BCUT2D eigenvalue weighted by atomic mass is 32.2. The van der Waals surface area contributed by atoms with Crippen molar-refractivity contribution in [2.45, 2.75) is 57.6 Å². The number of nitrogens with one attached hydrogen (secondary N) is 1. The third-order valence-corrected chi connectivity index (χ3v) is 3.95. The van der Waals surface area contributed by atoms with Crippen molar-refractivity contribution in [3.8, 4) is 11.5 Å². The lowest BCUT2D eigenvalue weighted by atomic mass is 10.1. The molecule has 1 heterocycles. The van der Waals surface area contributed by atoms with E-state index in [4.69, 9.17) is 4.42 Å². The van der Waals surface area contributed by atoms with Crippen molar-refractivity contribution in [3.05, 3.63) is 29.3 Å². The van der Waals surface area contributed by atoms with Gasteiger partial charge in [-0.25, -0.2) is 0 Å². The van der Waals surface area contributed by atoms with E-state index in [2.05, 4.69) is 21.6 Å². The maximum atomic E-state index is 12.1. The highest BCUT2D eigenvalue weighted by molar-refractivity contribution is 8.00. The van der Waals surface area contributed by atoms with Crippen LogP contribution in [0.5, 0.6) is 0 Å². The van der Waals surface area contributed by atoms with Gasteiger partial charge in [-0.05, 0) is 53.7 Å². The molecule has 5 nitrogen and oxygen atoms in total. The number of hydrogen-bond donors (Lipinski definition) is 1. The van der Waals surface area contributed by atoms with Gasteiger partial charge in [0.25, 0.3) is 5.22 Å². The Balaban J connectivity index is 2.09. The summed E-state index contributed by atoms with van der Waals surface area (Å²) in [5.41, 5.74) is 2.93. The average molecular weight is 333 g/mol. The first-order valence-electron chi connectivity index (χ1n) is 7.55. The van der Waals surface area contributed by atoms with Crippen LogP contribution in [0.3, 0.4) is 0 Å². The average Bonchev–Trinajstić information content (AvgIpc) is 2.84. The molecule has 0 aliphatic carbocycles. The van der Waals surface area contributed by atoms with E-state index in [1.807, 2.05) is 53.7 Å². The number of benzene rings is 1. The van der Waals surface area contributed by atoms with Crippen LogP contribution in [-0.4, -0.2) is 26.9 Å². The third-order valence-electron chi connectivity index (χ3n) is 3.02. The van der Waals surface area contributed by atoms with Crippen LogP contribution in [0.15, 0.2) is 27.8 Å². The van der Waals surface area contributed by atoms with E-state index in [0.717, 1.165) is 16.7 Å². The van der Waals surface area contributed by atoms with Gasteiger partial charge < -0.3 is 9.73 Å². The van der Waals surface area contributed by atoms with Crippen molar-refractivity contribution < 1.29 is 9.21 Å². The summed E-state index contributed by atoms with van der Waals surface area (Å²) in [6.45, 7) is 11.7. The molecule has 0 aliphatic rings. The first kappa shape index (κ1) is 17.5. The molecule has 0 aliphatic heterocycles. The smallest absolute Gasteiger partial charge is 0.277 e. The molecule has 2 rings (SSSR count). The molecular weight excluding hydrogens is 310 g/mol. The zero-order valence-electron chi connectivity index (χ0n) is 14.4. The van der Waals surface area contributed by atoms with Crippen molar-refractivity contribution in [3.63, 3.8) is 0 Å². The summed E-state index contributed by atoms with van der Waals surface area (Å²) >= 11 is 1.26. The van der Waals surface area contributed by atoms with Gasteiger partial charge >= 0.3 is 0 Å². The number of carbonyl (C=O) groups excluding carboxylic acids is 1. The van der Waals surface area contributed by atoms with Crippen molar-refractivity contribution >= 4 is 17.7 Å². The monoisotopic (exact) mass is 333 g/mol. The highest BCUT2D eigenvalue weighted by Gasteiger charge is 2.22. The molecule has 0 fully saturated rings. The maximum Gasteiger partial charge on any atom is 0.277 e. The molecule has 1 atom stereocenters. The van der Waals surface area contributed by atoms with Gasteiger partial charge in [0, 0.05) is 11.1 Å². The van der Waals surface area contributed by atoms with Crippen LogP contribution in [0.2, 0.25) is 0 Å². The second-order valence-electron chi connectivity index (χ2n) is 6.75. The van der Waals surface area contributed by atoms with Crippen LogP contribution >= 0.6 is 11.8 Å². The zero-order valence-corrected chi connectivity index (χ0v) is 15.2. The van der Waals surface area contributed by atoms with Gasteiger partial charge in [0.2, 0.25) is 11.8 Å². The number of aromatic nitrogens is 2. The van der Waals surface area contributed by atoms with Gasteiger partial charge in [-0.15, -0.1) is 10.2 Å². The van der Waals surface area contributed by atoms with Gasteiger partial charge in [0.05, 0.1) is 5.25 Å². The number of thioether (sulfide) groups is 1. The Hall–Kier alpha value is -1.82. The quantitative estimate of drug-likeness (QED) is 0.863. The second-order valence-corrected chi connectivity index (χ2v) is 8.04. The molecule has 23 heavy (non-hydrogen) atoms. The van der Waals surface area contributed by atoms with Gasteiger partial charge in [-0.2, -0.15) is 0 Å². The molecule has 0 saturated carbocycles. The molecular formula is C17H23N3O2S. The minimum Gasteiger partial charge on any atom is -0.411 e. The fraction of sp³-hybridized carbons (Fsp3) is 0.471. The number of hydrogen-bond acceptors (Lipinski definition) is 5. The summed E-state index contributed by atoms with van der Waals surface area (Å²) in [5, 5.41) is 11.2. The van der Waals surface area contributed by atoms with E-state index < -0.39 is 0 Å². The van der Waals surface area contributed by atoms with Crippen LogP contribution in [-0.2, 0) is 4.79 Å². The first-order valence-corrected chi connectivity index (χ1v) is 8.43. The van der Waals surface area contributed by atoms with Gasteiger partial charge in [0.15, 0.2) is 0 Å². The molecule has 1 aromatic carbocycles. The lowest BCUT2D eigenvalue weighted by molar-refractivity contribution is -0.121. The molecule has 0 bridgehead atoms. The number of rotatable bonds is 4. The summed E-state index contributed by atoms with van der Waals surface area (Å²) in [4.78, 5) is 12.1. The number of nitrogens with zero attached hydrogens (tertiary/aromatic N) is 2. The number of amides is 1. The Bertz CT molecular complexity index is 684. The molecule has 1 unspecified atom stereocenters. The standard InChI is InChI=1S/C17H23N3O2S/c1-10-7-11(2)9-13(8-10)15-19-20-16(22-15)23-12(3)14(21)18-17(4,5)6/h7-9,12H,1-6H3,(H,18,21). The van der Waals surface area contributed by atoms with Crippen LogP contribution in [0, 0.1) is 13.8 Å². The van der Waals surface area contributed by atoms with Crippen molar-refractivity contribution in [2.75, 3.05) is 0 Å². The summed E-state index contributed by atoms with van der Waals surface area (Å²) in [6.07, 6.45) is 0. The topological polar surface area (TPSA) is 68.0 Å². The summed E-state index contributed by atoms with van der Waals surface area (Å²) in [6, 6.07) is 6.10. The summed E-state index contributed by atoms with van der Waals surface area (Å²) in [7, 11) is 0. The highest BCUT2D eigenvalue weighted by Crippen LogP contribution is 2.27. The molecule has 1 aromatic heterocycles. The van der Waals surface area contributed by atoms with E-state index in [1.165, 1.54) is 11.8 Å². The second kappa shape index (κ2) is 6.74. The predicted molar refractivity (Wildman–Crippen MR) is 92.4 cm³/mol. The van der Waals surface area contributed by atoms with Crippen LogP contribution in [0.1, 0.15) is 38.8 Å². The van der Waals surface area contributed by atoms with Crippen molar-refractivity contribution in [1.82, 2.24) is 15.5 Å². The van der Waals surface area contributed by atoms with E-state index >= 15 is 0 Å². The number of aryl methyl sites for hydroxylation is 2. The third kappa shape index (κ3) is 5.10. The number of carbonyl (C=O) groups is 1. The summed E-state index contributed by atoms with van der Waals surface area (Å²) < 4.78 is 5.69. The lowest BCUT2D eigenvalue weighted by Crippen LogP contribution is -2.44. The Morgan fingerprint density at radius 2 is 1.78 bits per heavy atom. The Morgan fingerprint density at radius 1 is 1.17 bits per heavy atom. The van der Waals surface area contributed by atoms with E-state index in [1.54, 1.807) is 0 Å². The first-order chi connectivity index (χ1) is 10.6. The molecule has 1 amide bonds. The van der Waals surface area contributed by atoms with Crippen molar-refractivity contribution in [2.24, 2.45) is 0 Å². The molecule has 0 spiro atoms. The molecule has 0 saturated heterocycles. The molecule has 0 radical (unpaired) electrons. The van der Waals surface area contributed by atoms with Crippen LogP contribution in [0.4, 0.5) is 0 Å². The minimum atomic E-state index is -0.304. The fourth-order valence-corrected chi connectivity index (χ4v) is 2.83. The Labute approximate surface area is 141 Å². The van der Waals surface area contributed by atoms with Gasteiger partial charge in [0.1, 0.15) is 0 Å². The van der Waals surface area contributed by atoms with Gasteiger partial charge in [-0.1, -0.05) is 29.0 Å².